The van der Waals surface area contributed by atoms with E-state index in [0.717, 1.165) is 30.3 Å². The van der Waals surface area contributed by atoms with Crippen LogP contribution in [0.5, 0.6) is 0 Å². The van der Waals surface area contributed by atoms with E-state index >= 15 is 0 Å². The minimum atomic E-state index is 0.430. The lowest BCUT2D eigenvalue weighted by Crippen LogP contribution is -2.01. The van der Waals surface area contributed by atoms with E-state index in [1.807, 2.05) is 19.9 Å². The molecular formula is C12H20O2. The summed E-state index contributed by atoms with van der Waals surface area (Å²) in [6.45, 7) is 6.58. The molecule has 1 aliphatic rings. The van der Waals surface area contributed by atoms with Crippen LogP contribution in [0.2, 0.25) is 0 Å². The van der Waals surface area contributed by atoms with E-state index in [4.69, 9.17) is 4.74 Å². The fraction of sp³-hybridized carbons (Fsp3) is 0.583. The van der Waals surface area contributed by atoms with E-state index in [2.05, 4.69) is 6.92 Å². The van der Waals surface area contributed by atoms with Crippen LogP contribution < -0.4 is 0 Å². The van der Waals surface area contributed by atoms with Crippen molar-refractivity contribution in [2.75, 3.05) is 6.61 Å². The van der Waals surface area contributed by atoms with Gasteiger partial charge in [-0.15, -0.1) is 0 Å². The normalized spacial score (nSPS) is 14.2. The average Bonchev–Trinajstić information content (AvgIpc) is 2.29. The standard InChI is InChI=1S/C10H14O2.C2H6/c1-2-3-4-9-5-10(6-11)8-12-7-9;1-2/h5-7H,2-4,8H2,1H3;1-2H3. The molecule has 2 heteroatoms. The topological polar surface area (TPSA) is 26.3 Å². The largest absolute Gasteiger partial charge is 0.496 e. The van der Waals surface area contributed by atoms with Crippen molar-refractivity contribution in [2.24, 2.45) is 0 Å². The molecule has 0 saturated heterocycles. The van der Waals surface area contributed by atoms with Gasteiger partial charge in [0.15, 0.2) is 0 Å². The Labute approximate surface area is 86.6 Å². The highest BCUT2D eigenvalue weighted by atomic mass is 16.5. The second-order valence-corrected chi connectivity index (χ2v) is 2.94. The van der Waals surface area contributed by atoms with Gasteiger partial charge in [-0.25, -0.2) is 0 Å². The average molecular weight is 196 g/mol. The van der Waals surface area contributed by atoms with Gasteiger partial charge in [-0.2, -0.15) is 0 Å². The molecule has 14 heavy (non-hydrogen) atoms. The Morgan fingerprint density at radius 2 is 2.21 bits per heavy atom. The number of carbonyl (C=O) groups excluding carboxylic acids is 1. The second-order valence-electron chi connectivity index (χ2n) is 2.94. The van der Waals surface area contributed by atoms with Crippen molar-refractivity contribution in [3.05, 3.63) is 23.5 Å². The first kappa shape index (κ1) is 12.9. The van der Waals surface area contributed by atoms with Crippen molar-refractivity contribution in [3.63, 3.8) is 0 Å². The molecule has 0 aromatic heterocycles. The number of carbonyl (C=O) groups is 1. The molecule has 0 saturated carbocycles. The Hall–Kier alpha value is -1.05. The maximum Gasteiger partial charge on any atom is 0.149 e. The lowest BCUT2D eigenvalue weighted by Gasteiger charge is -2.10. The minimum Gasteiger partial charge on any atom is -0.496 e. The predicted molar refractivity (Wildman–Crippen MR) is 59.1 cm³/mol. The van der Waals surface area contributed by atoms with E-state index in [9.17, 15) is 4.79 Å². The number of allylic oxidation sites excluding steroid dienone is 2. The Bertz CT molecular complexity index is 214. The number of hydrogen-bond acceptors (Lipinski definition) is 2. The summed E-state index contributed by atoms with van der Waals surface area (Å²) >= 11 is 0. The van der Waals surface area contributed by atoms with E-state index in [1.165, 1.54) is 6.42 Å². The number of ether oxygens (including phenoxy) is 1. The summed E-state index contributed by atoms with van der Waals surface area (Å²) in [5, 5.41) is 0. The van der Waals surface area contributed by atoms with Crippen LogP contribution >= 0.6 is 0 Å². The third-order valence-electron chi connectivity index (χ3n) is 1.83. The number of hydrogen-bond donors (Lipinski definition) is 0. The Balaban J connectivity index is 0.000000791. The molecular weight excluding hydrogens is 176 g/mol. The molecule has 0 spiro atoms. The third-order valence-corrected chi connectivity index (χ3v) is 1.83. The minimum absolute atomic E-state index is 0.430. The Kier molecular flexibility index (Phi) is 7.90. The van der Waals surface area contributed by atoms with Crippen LogP contribution in [-0.4, -0.2) is 12.9 Å². The molecule has 0 unspecified atom stereocenters. The van der Waals surface area contributed by atoms with E-state index in [0.29, 0.717) is 6.61 Å². The highest BCUT2D eigenvalue weighted by Crippen LogP contribution is 2.15. The van der Waals surface area contributed by atoms with Crippen molar-refractivity contribution in [2.45, 2.75) is 40.0 Å². The summed E-state index contributed by atoms with van der Waals surface area (Å²) in [5.41, 5.74) is 1.87. The highest BCUT2D eigenvalue weighted by Gasteiger charge is 2.04. The van der Waals surface area contributed by atoms with Gasteiger partial charge in [-0.1, -0.05) is 27.2 Å². The van der Waals surface area contributed by atoms with Gasteiger partial charge in [0.05, 0.1) is 6.26 Å². The van der Waals surface area contributed by atoms with E-state index < -0.39 is 0 Å². The zero-order valence-electron chi connectivity index (χ0n) is 9.38. The van der Waals surface area contributed by atoms with Crippen LogP contribution in [0.25, 0.3) is 0 Å². The molecule has 0 fully saturated rings. The monoisotopic (exact) mass is 196 g/mol. The van der Waals surface area contributed by atoms with Gasteiger partial charge in [0.1, 0.15) is 12.9 Å². The van der Waals surface area contributed by atoms with Crippen molar-refractivity contribution in [1.29, 1.82) is 0 Å². The fourth-order valence-electron chi connectivity index (χ4n) is 1.14. The third kappa shape index (κ3) is 4.85. The van der Waals surface area contributed by atoms with Gasteiger partial charge in [-0.3, -0.25) is 4.79 Å². The van der Waals surface area contributed by atoms with Gasteiger partial charge in [-0.05, 0) is 24.5 Å². The summed E-state index contributed by atoms with van der Waals surface area (Å²) in [4.78, 5) is 10.4. The zero-order chi connectivity index (χ0) is 10.8. The number of unbranched alkanes of at least 4 members (excludes halogenated alkanes) is 1. The first-order chi connectivity index (χ1) is 6.86. The van der Waals surface area contributed by atoms with Crippen LogP contribution in [-0.2, 0) is 9.53 Å². The number of aldehydes is 1. The van der Waals surface area contributed by atoms with Crippen LogP contribution in [0.4, 0.5) is 0 Å². The first-order valence-corrected chi connectivity index (χ1v) is 5.33. The van der Waals surface area contributed by atoms with Crippen LogP contribution in [0.1, 0.15) is 40.0 Å². The van der Waals surface area contributed by atoms with E-state index in [-0.39, 0.29) is 0 Å². The van der Waals surface area contributed by atoms with Gasteiger partial charge in [0.25, 0.3) is 0 Å². The van der Waals surface area contributed by atoms with Crippen molar-refractivity contribution in [3.8, 4) is 0 Å². The van der Waals surface area contributed by atoms with Crippen LogP contribution in [0.15, 0.2) is 23.5 Å². The summed E-state index contributed by atoms with van der Waals surface area (Å²) in [6, 6.07) is 0. The molecule has 0 aliphatic carbocycles. The quantitative estimate of drug-likeness (QED) is 0.645. The molecule has 1 aliphatic heterocycles. The van der Waals surface area contributed by atoms with Gasteiger partial charge < -0.3 is 4.74 Å². The Morgan fingerprint density at radius 1 is 1.50 bits per heavy atom. The predicted octanol–water partition coefficient (Wildman–Crippen LogP) is 3.24. The van der Waals surface area contributed by atoms with Crippen molar-refractivity contribution < 1.29 is 9.53 Å². The van der Waals surface area contributed by atoms with Crippen molar-refractivity contribution in [1.82, 2.24) is 0 Å². The maximum absolute atomic E-state index is 10.4. The molecule has 2 nitrogen and oxygen atoms in total. The molecule has 0 aromatic carbocycles. The van der Waals surface area contributed by atoms with Gasteiger partial charge in [0.2, 0.25) is 0 Å². The first-order valence-electron chi connectivity index (χ1n) is 5.33. The lowest BCUT2D eigenvalue weighted by molar-refractivity contribution is -0.105. The summed E-state index contributed by atoms with van der Waals surface area (Å²) < 4.78 is 5.12. The number of rotatable bonds is 4. The van der Waals surface area contributed by atoms with Crippen LogP contribution in [0.3, 0.4) is 0 Å². The second kappa shape index (κ2) is 8.54. The SMILES string of the molecule is CC.CCCCC1=COCC(C=O)=C1. The maximum atomic E-state index is 10.4. The zero-order valence-corrected chi connectivity index (χ0v) is 9.38. The summed E-state index contributed by atoms with van der Waals surface area (Å²) in [5.74, 6) is 0. The van der Waals surface area contributed by atoms with Crippen molar-refractivity contribution >= 4 is 6.29 Å². The summed E-state index contributed by atoms with van der Waals surface area (Å²) in [6.07, 6.45) is 7.86. The molecule has 0 bridgehead atoms. The Morgan fingerprint density at radius 3 is 2.79 bits per heavy atom. The van der Waals surface area contributed by atoms with Gasteiger partial charge in [0, 0.05) is 5.57 Å². The fourth-order valence-corrected chi connectivity index (χ4v) is 1.14. The molecule has 1 heterocycles. The lowest BCUT2D eigenvalue weighted by atomic mass is 10.1. The smallest absolute Gasteiger partial charge is 0.149 e. The molecule has 0 aromatic rings. The summed E-state index contributed by atoms with van der Waals surface area (Å²) in [7, 11) is 0. The van der Waals surface area contributed by atoms with Gasteiger partial charge >= 0.3 is 0 Å². The molecule has 80 valence electrons. The highest BCUT2D eigenvalue weighted by molar-refractivity contribution is 5.74. The molecule has 1 rings (SSSR count). The molecule has 0 radical (unpaired) electrons. The molecule has 0 atom stereocenters. The molecule has 0 amide bonds. The van der Waals surface area contributed by atoms with Crippen LogP contribution in [0, 0.1) is 0 Å². The van der Waals surface area contributed by atoms with E-state index in [1.54, 1.807) is 6.26 Å². The molecule has 0 N–H and O–H groups in total.